The second-order valence-electron chi connectivity index (χ2n) is 6.62. The van der Waals surface area contributed by atoms with Crippen molar-refractivity contribution in [1.29, 1.82) is 0 Å². The monoisotopic (exact) mass is 284 g/mol. The summed E-state index contributed by atoms with van der Waals surface area (Å²) < 4.78 is 0. The topological polar surface area (TPSA) is 19.0 Å². The third kappa shape index (κ3) is 2.62. The van der Waals surface area contributed by atoms with E-state index in [-0.39, 0.29) is 0 Å². The highest BCUT2D eigenvalue weighted by molar-refractivity contribution is 5.85. The summed E-state index contributed by atoms with van der Waals surface area (Å²) in [5.41, 5.74) is 5.81. The Kier molecular flexibility index (Phi) is 4.08. The van der Waals surface area contributed by atoms with E-state index < -0.39 is 0 Å². The van der Waals surface area contributed by atoms with Gasteiger partial charge in [0.15, 0.2) is 0 Å². The Morgan fingerprint density at radius 3 is 2.76 bits per heavy atom. The van der Waals surface area contributed by atoms with E-state index in [1.54, 1.807) is 5.56 Å². The van der Waals surface area contributed by atoms with Crippen LogP contribution in [0.4, 0.5) is 0 Å². The molecule has 3 rings (SSSR count). The third-order valence-corrected chi connectivity index (χ3v) is 5.45. The highest BCUT2D eigenvalue weighted by Gasteiger charge is 2.25. The average molecular weight is 284 g/mol. The molecule has 0 spiro atoms. The number of aromatic amines is 1. The molecule has 1 aromatic heterocycles. The Labute approximate surface area is 128 Å². The Morgan fingerprint density at radius 1 is 1.24 bits per heavy atom. The van der Waals surface area contributed by atoms with E-state index >= 15 is 0 Å². The molecule has 1 aromatic carbocycles. The highest BCUT2D eigenvalue weighted by Crippen LogP contribution is 2.30. The first kappa shape index (κ1) is 14.6. The van der Waals surface area contributed by atoms with Gasteiger partial charge in [-0.25, -0.2) is 0 Å². The number of benzene rings is 1. The number of aromatic nitrogens is 1. The number of rotatable bonds is 2. The van der Waals surface area contributed by atoms with Crippen LogP contribution in [0.1, 0.15) is 44.5 Å². The van der Waals surface area contributed by atoms with Gasteiger partial charge in [-0.3, -0.25) is 0 Å². The van der Waals surface area contributed by atoms with Crippen LogP contribution in [0.15, 0.2) is 18.2 Å². The number of aryl methyl sites for hydroxylation is 1. The van der Waals surface area contributed by atoms with Crippen LogP contribution in [0.3, 0.4) is 0 Å². The van der Waals surface area contributed by atoms with Gasteiger partial charge in [-0.15, -0.1) is 0 Å². The van der Waals surface area contributed by atoms with E-state index in [1.165, 1.54) is 41.5 Å². The van der Waals surface area contributed by atoms with Crippen LogP contribution in [0.25, 0.3) is 10.9 Å². The van der Waals surface area contributed by atoms with E-state index in [0.717, 1.165) is 13.0 Å². The van der Waals surface area contributed by atoms with Gasteiger partial charge in [0.05, 0.1) is 0 Å². The van der Waals surface area contributed by atoms with Gasteiger partial charge in [0.25, 0.3) is 0 Å². The molecule has 0 amide bonds. The SMILES string of the molecule is CCc1ccc2[nH]c3c(c2c1)CCN(CC)C(C)C(C)C3. The van der Waals surface area contributed by atoms with Gasteiger partial charge in [-0.2, -0.15) is 0 Å². The fourth-order valence-corrected chi connectivity index (χ4v) is 3.79. The summed E-state index contributed by atoms with van der Waals surface area (Å²) in [5, 5.41) is 1.46. The molecule has 21 heavy (non-hydrogen) atoms. The molecule has 2 heterocycles. The zero-order chi connectivity index (χ0) is 15.0. The van der Waals surface area contributed by atoms with Gasteiger partial charge in [0.2, 0.25) is 0 Å². The van der Waals surface area contributed by atoms with Crippen LogP contribution in [0.5, 0.6) is 0 Å². The minimum atomic E-state index is 0.667. The summed E-state index contributed by atoms with van der Waals surface area (Å²) in [6.07, 6.45) is 3.46. The van der Waals surface area contributed by atoms with Crippen molar-refractivity contribution in [3.05, 3.63) is 35.0 Å². The number of hydrogen-bond donors (Lipinski definition) is 1. The molecule has 0 aliphatic carbocycles. The summed E-state index contributed by atoms with van der Waals surface area (Å²) in [5.74, 6) is 0.697. The van der Waals surface area contributed by atoms with Gasteiger partial charge in [0.1, 0.15) is 0 Å². The molecular formula is C19H28N2. The number of nitrogens with zero attached hydrogens (tertiary/aromatic N) is 1. The molecule has 2 unspecified atom stereocenters. The van der Waals surface area contributed by atoms with E-state index in [9.17, 15) is 0 Å². The minimum Gasteiger partial charge on any atom is -0.358 e. The molecule has 1 aliphatic heterocycles. The Bertz CT molecular complexity index is 626. The maximum absolute atomic E-state index is 3.70. The van der Waals surface area contributed by atoms with E-state index in [1.807, 2.05) is 0 Å². The van der Waals surface area contributed by atoms with Crippen molar-refractivity contribution < 1.29 is 0 Å². The number of nitrogens with one attached hydrogen (secondary N) is 1. The fraction of sp³-hybridized carbons (Fsp3) is 0.579. The second kappa shape index (κ2) is 5.84. The first-order valence-electron chi connectivity index (χ1n) is 8.50. The molecule has 1 N–H and O–H groups in total. The van der Waals surface area contributed by atoms with Crippen LogP contribution in [-0.4, -0.2) is 29.0 Å². The molecule has 2 aromatic rings. The predicted molar refractivity (Wildman–Crippen MR) is 91.0 cm³/mol. The van der Waals surface area contributed by atoms with Crippen molar-refractivity contribution in [3.63, 3.8) is 0 Å². The fourth-order valence-electron chi connectivity index (χ4n) is 3.79. The van der Waals surface area contributed by atoms with Gasteiger partial charge < -0.3 is 9.88 Å². The van der Waals surface area contributed by atoms with Crippen molar-refractivity contribution in [1.82, 2.24) is 9.88 Å². The van der Waals surface area contributed by atoms with Gasteiger partial charge in [-0.1, -0.05) is 26.8 Å². The number of likely N-dealkylation sites (N-methyl/N-ethyl adjacent to an activating group) is 1. The zero-order valence-corrected chi connectivity index (χ0v) is 13.9. The maximum Gasteiger partial charge on any atom is 0.0459 e. The van der Waals surface area contributed by atoms with Crippen LogP contribution in [0, 0.1) is 5.92 Å². The molecule has 2 heteroatoms. The van der Waals surface area contributed by atoms with Crippen LogP contribution >= 0.6 is 0 Å². The lowest BCUT2D eigenvalue weighted by Crippen LogP contribution is -2.41. The smallest absolute Gasteiger partial charge is 0.0459 e. The Morgan fingerprint density at radius 2 is 2.05 bits per heavy atom. The standard InChI is InChI=1S/C19H28N2/c1-5-15-7-8-18-17(12-15)16-9-10-21(6-2)14(4)13(3)11-19(16)20-18/h7-8,12-14,20H,5-6,9-11H2,1-4H3. The highest BCUT2D eigenvalue weighted by atomic mass is 15.1. The summed E-state index contributed by atoms with van der Waals surface area (Å²) >= 11 is 0. The van der Waals surface area contributed by atoms with Crippen molar-refractivity contribution in [2.24, 2.45) is 5.92 Å². The summed E-state index contributed by atoms with van der Waals surface area (Å²) in [6.45, 7) is 11.6. The maximum atomic E-state index is 3.70. The molecule has 114 valence electrons. The van der Waals surface area contributed by atoms with E-state index in [2.05, 4.69) is 55.8 Å². The number of fused-ring (bicyclic) bond motifs is 3. The third-order valence-electron chi connectivity index (χ3n) is 5.45. The molecule has 0 radical (unpaired) electrons. The van der Waals surface area contributed by atoms with Crippen molar-refractivity contribution in [2.45, 2.75) is 53.0 Å². The molecule has 2 nitrogen and oxygen atoms in total. The lowest BCUT2D eigenvalue weighted by Gasteiger charge is -2.34. The van der Waals surface area contributed by atoms with Crippen molar-refractivity contribution in [2.75, 3.05) is 13.1 Å². The van der Waals surface area contributed by atoms with Crippen molar-refractivity contribution in [3.8, 4) is 0 Å². The molecule has 2 atom stereocenters. The lowest BCUT2D eigenvalue weighted by molar-refractivity contribution is 0.165. The van der Waals surface area contributed by atoms with Crippen LogP contribution in [-0.2, 0) is 19.3 Å². The van der Waals surface area contributed by atoms with Gasteiger partial charge in [-0.05, 0) is 61.9 Å². The average Bonchev–Trinajstić information content (AvgIpc) is 2.82. The molecule has 1 aliphatic rings. The van der Waals surface area contributed by atoms with E-state index in [4.69, 9.17) is 0 Å². The lowest BCUT2D eigenvalue weighted by atomic mass is 9.91. The zero-order valence-electron chi connectivity index (χ0n) is 13.9. The van der Waals surface area contributed by atoms with Crippen LogP contribution < -0.4 is 0 Å². The van der Waals surface area contributed by atoms with Gasteiger partial charge in [0, 0.05) is 29.2 Å². The largest absolute Gasteiger partial charge is 0.358 e. The minimum absolute atomic E-state index is 0.667. The number of hydrogen-bond acceptors (Lipinski definition) is 1. The molecule has 0 bridgehead atoms. The van der Waals surface area contributed by atoms with Gasteiger partial charge >= 0.3 is 0 Å². The van der Waals surface area contributed by atoms with Crippen molar-refractivity contribution >= 4 is 10.9 Å². The second-order valence-corrected chi connectivity index (χ2v) is 6.62. The molecular weight excluding hydrogens is 256 g/mol. The first-order chi connectivity index (χ1) is 10.1. The van der Waals surface area contributed by atoms with Crippen LogP contribution in [0.2, 0.25) is 0 Å². The molecule has 0 saturated heterocycles. The van der Waals surface area contributed by atoms with E-state index in [0.29, 0.717) is 12.0 Å². The quantitative estimate of drug-likeness (QED) is 0.876. The Balaban J connectivity index is 2.05. The number of H-pyrrole nitrogens is 1. The molecule has 0 fully saturated rings. The molecule has 0 saturated carbocycles. The first-order valence-corrected chi connectivity index (χ1v) is 8.50. The summed E-state index contributed by atoms with van der Waals surface area (Å²) in [7, 11) is 0. The normalized spacial score (nSPS) is 23.8. The summed E-state index contributed by atoms with van der Waals surface area (Å²) in [6, 6.07) is 7.60. The predicted octanol–water partition coefficient (Wildman–Crippen LogP) is 4.18. The summed E-state index contributed by atoms with van der Waals surface area (Å²) in [4.78, 5) is 6.34. The Hall–Kier alpha value is -1.28.